The second-order valence-corrected chi connectivity index (χ2v) is 5.51. The molecule has 4 nitrogen and oxygen atoms in total. The van der Waals surface area contributed by atoms with E-state index in [4.69, 9.17) is 0 Å². The molecule has 20 heavy (non-hydrogen) atoms. The summed E-state index contributed by atoms with van der Waals surface area (Å²) in [5, 5.41) is 10.1. The van der Waals surface area contributed by atoms with Gasteiger partial charge in [0.1, 0.15) is 0 Å². The van der Waals surface area contributed by atoms with Crippen LogP contribution in [0.2, 0.25) is 0 Å². The van der Waals surface area contributed by atoms with Crippen molar-refractivity contribution in [2.45, 2.75) is 32.3 Å². The second-order valence-electron chi connectivity index (χ2n) is 5.51. The lowest BCUT2D eigenvalue weighted by molar-refractivity contribution is 0.156. The van der Waals surface area contributed by atoms with Gasteiger partial charge in [-0.05, 0) is 44.4 Å². The van der Waals surface area contributed by atoms with E-state index in [1.165, 1.54) is 5.69 Å². The highest BCUT2D eigenvalue weighted by Crippen LogP contribution is 2.33. The van der Waals surface area contributed by atoms with Crippen LogP contribution in [0.4, 0.5) is 0 Å². The van der Waals surface area contributed by atoms with E-state index in [1.807, 2.05) is 24.3 Å². The molecule has 1 aliphatic rings. The lowest BCUT2D eigenvalue weighted by atomic mass is 9.95. The van der Waals surface area contributed by atoms with Gasteiger partial charge in [0.25, 0.3) is 0 Å². The summed E-state index contributed by atoms with van der Waals surface area (Å²) in [5.41, 5.74) is 5.39. The van der Waals surface area contributed by atoms with Gasteiger partial charge in [0.05, 0.1) is 17.1 Å². The molecule has 0 fully saturated rings. The Bertz CT molecular complexity index is 751. The Morgan fingerprint density at radius 2 is 2.20 bits per heavy atom. The number of benzene rings is 1. The number of rotatable bonds is 1. The average Bonchev–Trinajstić information content (AvgIpc) is 2.99. The molecule has 1 unspecified atom stereocenters. The Morgan fingerprint density at radius 3 is 3.05 bits per heavy atom. The van der Waals surface area contributed by atoms with Crippen molar-refractivity contribution < 1.29 is 5.11 Å². The number of hydrogen-bond donors (Lipinski definition) is 2. The molecule has 0 radical (unpaired) electrons. The van der Waals surface area contributed by atoms with Gasteiger partial charge in [0, 0.05) is 17.0 Å². The molecule has 2 heterocycles. The van der Waals surface area contributed by atoms with Gasteiger partial charge in [-0.3, -0.25) is 4.57 Å². The fraction of sp³-hybridized carbons (Fsp3) is 0.312. The van der Waals surface area contributed by atoms with Crippen LogP contribution in [0, 0.1) is 6.92 Å². The third-order valence-corrected chi connectivity index (χ3v) is 4.16. The summed E-state index contributed by atoms with van der Waals surface area (Å²) >= 11 is 0. The van der Waals surface area contributed by atoms with Crippen LogP contribution in [0.1, 0.15) is 35.9 Å². The number of aliphatic hydroxyl groups is 1. The van der Waals surface area contributed by atoms with Gasteiger partial charge in [0.15, 0.2) is 0 Å². The number of nitrogens with one attached hydrogen (secondary N) is 1. The highest BCUT2D eigenvalue weighted by atomic mass is 16.3. The van der Waals surface area contributed by atoms with Gasteiger partial charge < -0.3 is 10.1 Å². The van der Waals surface area contributed by atoms with Gasteiger partial charge in [-0.1, -0.05) is 12.1 Å². The molecular weight excluding hydrogens is 250 g/mol. The summed E-state index contributed by atoms with van der Waals surface area (Å²) in [6.07, 6.45) is 2.55. The first-order chi connectivity index (χ1) is 9.74. The molecule has 4 heteroatoms. The minimum atomic E-state index is -0.330. The minimum absolute atomic E-state index is 0.330. The van der Waals surface area contributed by atoms with E-state index in [2.05, 4.69) is 27.5 Å². The van der Waals surface area contributed by atoms with Gasteiger partial charge in [0.2, 0.25) is 5.95 Å². The average molecular weight is 267 g/mol. The lowest BCUT2D eigenvalue weighted by Gasteiger charge is -2.19. The zero-order valence-corrected chi connectivity index (χ0v) is 11.4. The Labute approximate surface area is 117 Å². The molecule has 4 rings (SSSR count). The van der Waals surface area contributed by atoms with Crippen LogP contribution in [-0.4, -0.2) is 19.6 Å². The number of hydrogen-bond acceptors (Lipinski definition) is 2. The molecule has 0 spiro atoms. The van der Waals surface area contributed by atoms with Crippen molar-refractivity contribution in [3.63, 3.8) is 0 Å². The molecule has 1 atom stereocenters. The number of H-pyrrole nitrogens is 1. The molecule has 2 aromatic heterocycles. The van der Waals surface area contributed by atoms with E-state index in [-0.39, 0.29) is 6.10 Å². The van der Waals surface area contributed by atoms with Crippen LogP contribution >= 0.6 is 0 Å². The number of fused-ring (bicyclic) bond motifs is 2. The van der Waals surface area contributed by atoms with Crippen molar-refractivity contribution in [3.8, 4) is 5.95 Å². The number of aryl methyl sites for hydroxylation is 1. The molecule has 0 amide bonds. The summed E-state index contributed by atoms with van der Waals surface area (Å²) in [6.45, 7) is 2.07. The maximum atomic E-state index is 10.1. The summed E-state index contributed by atoms with van der Waals surface area (Å²) in [7, 11) is 0. The maximum absolute atomic E-state index is 10.1. The van der Waals surface area contributed by atoms with Crippen molar-refractivity contribution in [1.29, 1.82) is 0 Å². The number of nitrogens with zero attached hydrogens (tertiary/aromatic N) is 2. The molecule has 2 N–H and O–H groups in total. The number of aromatic amines is 1. The van der Waals surface area contributed by atoms with Crippen LogP contribution in [0.25, 0.3) is 17.0 Å². The van der Waals surface area contributed by atoms with Crippen molar-refractivity contribution >= 4 is 11.0 Å². The lowest BCUT2D eigenvalue weighted by Crippen LogP contribution is -2.12. The maximum Gasteiger partial charge on any atom is 0.212 e. The summed E-state index contributed by atoms with van der Waals surface area (Å²) in [4.78, 5) is 8.05. The first-order valence-electron chi connectivity index (χ1n) is 7.08. The Balaban J connectivity index is 1.93. The highest BCUT2D eigenvalue weighted by molar-refractivity contribution is 5.76. The van der Waals surface area contributed by atoms with Crippen LogP contribution < -0.4 is 0 Å². The first-order valence-corrected chi connectivity index (χ1v) is 7.08. The zero-order chi connectivity index (χ0) is 13.7. The summed E-state index contributed by atoms with van der Waals surface area (Å²) in [6, 6.07) is 10.1. The summed E-state index contributed by atoms with van der Waals surface area (Å²) in [5.74, 6) is 0.846. The van der Waals surface area contributed by atoms with Crippen LogP contribution in [0.5, 0.6) is 0 Å². The molecule has 0 bridgehead atoms. The SMILES string of the molecule is Cc1cc2c(n1-c1nc3ccccc3[nH]1)CCCC2O. The Kier molecular flexibility index (Phi) is 2.47. The topological polar surface area (TPSA) is 53.8 Å². The second kappa shape index (κ2) is 4.21. The highest BCUT2D eigenvalue weighted by Gasteiger charge is 2.24. The molecule has 0 saturated carbocycles. The predicted molar refractivity (Wildman–Crippen MR) is 78.1 cm³/mol. The normalized spacial score (nSPS) is 18.4. The number of para-hydroxylation sites is 2. The number of aromatic nitrogens is 3. The monoisotopic (exact) mass is 267 g/mol. The largest absolute Gasteiger partial charge is 0.388 e. The Hall–Kier alpha value is -2.07. The van der Waals surface area contributed by atoms with E-state index < -0.39 is 0 Å². The van der Waals surface area contributed by atoms with Crippen molar-refractivity contribution in [2.24, 2.45) is 0 Å². The van der Waals surface area contributed by atoms with Crippen LogP contribution in [0.3, 0.4) is 0 Å². The van der Waals surface area contributed by atoms with Crippen molar-refractivity contribution in [2.75, 3.05) is 0 Å². The van der Waals surface area contributed by atoms with E-state index in [9.17, 15) is 5.11 Å². The smallest absolute Gasteiger partial charge is 0.212 e. The van der Waals surface area contributed by atoms with Gasteiger partial charge in [-0.2, -0.15) is 0 Å². The molecule has 1 aliphatic carbocycles. The predicted octanol–water partition coefficient (Wildman–Crippen LogP) is 3.03. The molecule has 0 aliphatic heterocycles. The van der Waals surface area contributed by atoms with E-state index in [0.29, 0.717) is 0 Å². The van der Waals surface area contributed by atoms with Crippen molar-refractivity contribution in [1.82, 2.24) is 14.5 Å². The molecule has 1 aromatic carbocycles. The van der Waals surface area contributed by atoms with E-state index in [0.717, 1.165) is 47.5 Å². The van der Waals surface area contributed by atoms with Gasteiger partial charge in [-0.15, -0.1) is 0 Å². The van der Waals surface area contributed by atoms with E-state index in [1.54, 1.807) is 0 Å². The Morgan fingerprint density at radius 1 is 1.35 bits per heavy atom. The first kappa shape index (κ1) is 11.7. The molecule has 102 valence electrons. The third kappa shape index (κ3) is 1.61. The third-order valence-electron chi connectivity index (χ3n) is 4.16. The minimum Gasteiger partial charge on any atom is -0.388 e. The van der Waals surface area contributed by atoms with Gasteiger partial charge in [-0.25, -0.2) is 4.98 Å². The van der Waals surface area contributed by atoms with Crippen molar-refractivity contribution in [3.05, 3.63) is 47.3 Å². The molecule has 0 saturated heterocycles. The van der Waals surface area contributed by atoms with E-state index >= 15 is 0 Å². The van der Waals surface area contributed by atoms with Crippen LogP contribution in [-0.2, 0) is 6.42 Å². The fourth-order valence-electron chi connectivity index (χ4n) is 3.22. The van der Waals surface area contributed by atoms with Gasteiger partial charge >= 0.3 is 0 Å². The number of imidazole rings is 1. The molecular formula is C16H17N3O. The standard InChI is InChI=1S/C16H17N3O/c1-10-9-11-14(7-4-8-15(11)20)19(10)16-17-12-5-2-3-6-13(12)18-16/h2-3,5-6,9,15,20H,4,7-8H2,1H3,(H,17,18). The number of aliphatic hydroxyl groups excluding tert-OH is 1. The quantitative estimate of drug-likeness (QED) is 0.712. The summed E-state index contributed by atoms with van der Waals surface area (Å²) < 4.78 is 2.15. The zero-order valence-electron chi connectivity index (χ0n) is 11.4. The molecule has 3 aromatic rings. The van der Waals surface area contributed by atoms with Crippen LogP contribution in [0.15, 0.2) is 30.3 Å². The fourth-order valence-corrected chi connectivity index (χ4v) is 3.22.